The van der Waals surface area contributed by atoms with Gasteiger partial charge in [-0.05, 0) is 33.5 Å². The minimum Gasteiger partial charge on any atom is -0.459 e. The molecule has 0 spiro atoms. The van der Waals surface area contributed by atoms with Crippen LogP contribution in [0.4, 0.5) is 0 Å². The second-order valence-electron chi connectivity index (χ2n) is 5.66. The van der Waals surface area contributed by atoms with Gasteiger partial charge in [0.2, 0.25) is 0 Å². The highest BCUT2D eigenvalue weighted by molar-refractivity contribution is 14.0. The molecule has 0 radical (unpaired) electrons. The lowest BCUT2D eigenvalue weighted by Crippen LogP contribution is -2.40. The van der Waals surface area contributed by atoms with Gasteiger partial charge in [-0.3, -0.25) is 0 Å². The van der Waals surface area contributed by atoms with Crippen LogP contribution in [-0.4, -0.2) is 44.1 Å². The summed E-state index contributed by atoms with van der Waals surface area (Å²) in [5.74, 6) is 1.76. The highest BCUT2D eigenvalue weighted by Crippen LogP contribution is 2.25. The summed E-state index contributed by atoms with van der Waals surface area (Å²) >= 11 is 0. The van der Waals surface area contributed by atoms with Crippen LogP contribution in [0.1, 0.15) is 25.2 Å². The molecule has 0 saturated carbocycles. The molecule has 0 atom stereocenters. The highest BCUT2D eigenvalue weighted by atomic mass is 127. The summed E-state index contributed by atoms with van der Waals surface area (Å²) in [5.41, 5.74) is 2.10. The SMILES string of the molecule is CCNC(=NCc1oc2ccccc2c1C)NCCN(C)CC.I. The summed E-state index contributed by atoms with van der Waals surface area (Å²) in [5, 5.41) is 7.81. The Morgan fingerprint density at radius 2 is 1.96 bits per heavy atom. The lowest BCUT2D eigenvalue weighted by molar-refractivity contribution is 0.357. The molecule has 0 aliphatic rings. The smallest absolute Gasteiger partial charge is 0.191 e. The lowest BCUT2D eigenvalue weighted by Gasteiger charge is -2.16. The fraction of sp³-hybridized carbons (Fsp3) is 0.500. The molecule has 0 bridgehead atoms. The molecule has 134 valence electrons. The van der Waals surface area contributed by atoms with Crippen LogP contribution in [0.25, 0.3) is 11.0 Å². The summed E-state index contributed by atoms with van der Waals surface area (Å²) < 4.78 is 5.92. The number of hydrogen-bond acceptors (Lipinski definition) is 3. The normalized spacial score (nSPS) is 11.6. The van der Waals surface area contributed by atoms with Crippen molar-refractivity contribution in [2.75, 3.05) is 33.2 Å². The van der Waals surface area contributed by atoms with Crippen molar-refractivity contribution in [2.24, 2.45) is 4.99 Å². The Hall–Kier alpha value is -1.28. The number of benzene rings is 1. The topological polar surface area (TPSA) is 52.8 Å². The molecule has 1 aromatic carbocycles. The van der Waals surface area contributed by atoms with Gasteiger partial charge in [-0.15, -0.1) is 24.0 Å². The Morgan fingerprint density at radius 1 is 1.21 bits per heavy atom. The second kappa shape index (κ2) is 10.6. The molecule has 2 aromatic rings. The van der Waals surface area contributed by atoms with Gasteiger partial charge >= 0.3 is 0 Å². The van der Waals surface area contributed by atoms with E-state index in [1.54, 1.807) is 0 Å². The number of fused-ring (bicyclic) bond motifs is 1. The predicted molar refractivity (Wildman–Crippen MR) is 112 cm³/mol. The first kappa shape index (κ1) is 20.8. The van der Waals surface area contributed by atoms with E-state index in [4.69, 9.17) is 4.42 Å². The average molecular weight is 444 g/mol. The molecule has 0 amide bonds. The fourth-order valence-corrected chi connectivity index (χ4v) is 2.39. The molecule has 1 aromatic heterocycles. The molecule has 2 rings (SSSR count). The van der Waals surface area contributed by atoms with Crippen LogP contribution in [0, 0.1) is 6.92 Å². The number of hydrogen-bond donors (Lipinski definition) is 2. The maximum absolute atomic E-state index is 5.92. The zero-order valence-corrected chi connectivity index (χ0v) is 17.4. The van der Waals surface area contributed by atoms with Gasteiger partial charge in [0.1, 0.15) is 17.9 Å². The van der Waals surface area contributed by atoms with E-state index < -0.39 is 0 Å². The van der Waals surface area contributed by atoms with Gasteiger partial charge in [0.05, 0.1) is 0 Å². The second-order valence-corrected chi connectivity index (χ2v) is 5.66. The Kier molecular flexibility index (Phi) is 9.13. The number of rotatable bonds is 7. The molecule has 0 aliphatic heterocycles. The van der Waals surface area contributed by atoms with Gasteiger partial charge in [-0.2, -0.15) is 0 Å². The third-order valence-corrected chi connectivity index (χ3v) is 3.99. The third-order valence-electron chi connectivity index (χ3n) is 3.99. The molecular formula is C18H29IN4O. The average Bonchev–Trinajstić information content (AvgIpc) is 2.89. The summed E-state index contributed by atoms with van der Waals surface area (Å²) in [6, 6.07) is 8.12. The monoisotopic (exact) mass is 444 g/mol. The van der Waals surface area contributed by atoms with Gasteiger partial charge in [0.15, 0.2) is 5.96 Å². The number of para-hydroxylation sites is 1. The van der Waals surface area contributed by atoms with Crippen molar-refractivity contribution in [3.05, 3.63) is 35.6 Å². The molecule has 6 heteroatoms. The molecule has 0 aliphatic carbocycles. The van der Waals surface area contributed by atoms with E-state index in [1.807, 2.05) is 18.2 Å². The number of nitrogens with zero attached hydrogens (tertiary/aromatic N) is 2. The largest absolute Gasteiger partial charge is 0.459 e. The number of aryl methyl sites for hydroxylation is 1. The van der Waals surface area contributed by atoms with Crippen molar-refractivity contribution in [3.8, 4) is 0 Å². The number of furan rings is 1. The Morgan fingerprint density at radius 3 is 2.62 bits per heavy atom. The van der Waals surface area contributed by atoms with E-state index in [2.05, 4.69) is 54.4 Å². The number of likely N-dealkylation sites (N-methyl/N-ethyl adjacent to an activating group) is 1. The van der Waals surface area contributed by atoms with Crippen molar-refractivity contribution in [3.63, 3.8) is 0 Å². The highest BCUT2D eigenvalue weighted by Gasteiger charge is 2.09. The van der Waals surface area contributed by atoms with E-state index in [1.165, 1.54) is 10.9 Å². The van der Waals surface area contributed by atoms with E-state index in [9.17, 15) is 0 Å². The number of nitrogens with one attached hydrogen (secondary N) is 2. The van der Waals surface area contributed by atoms with Crippen LogP contribution in [-0.2, 0) is 6.54 Å². The van der Waals surface area contributed by atoms with Crippen LogP contribution in [0.15, 0.2) is 33.7 Å². The number of aliphatic imine (C=N–C) groups is 1. The number of halogens is 1. The summed E-state index contributed by atoms with van der Waals surface area (Å²) in [7, 11) is 2.11. The zero-order valence-electron chi connectivity index (χ0n) is 15.1. The van der Waals surface area contributed by atoms with E-state index >= 15 is 0 Å². The van der Waals surface area contributed by atoms with E-state index in [-0.39, 0.29) is 24.0 Å². The third kappa shape index (κ3) is 5.66. The zero-order chi connectivity index (χ0) is 16.7. The fourth-order valence-electron chi connectivity index (χ4n) is 2.39. The van der Waals surface area contributed by atoms with Crippen molar-refractivity contribution >= 4 is 40.9 Å². The maximum Gasteiger partial charge on any atom is 0.191 e. The Balaban J connectivity index is 0.00000288. The summed E-state index contributed by atoms with van der Waals surface area (Å²) in [4.78, 5) is 6.91. The molecular weight excluding hydrogens is 415 g/mol. The molecule has 0 fully saturated rings. The number of guanidine groups is 1. The van der Waals surface area contributed by atoms with Gasteiger partial charge in [0, 0.05) is 30.6 Å². The molecule has 0 saturated heterocycles. The first-order chi connectivity index (χ1) is 11.2. The van der Waals surface area contributed by atoms with Gasteiger partial charge < -0.3 is 20.0 Å². The quantitative estimate of drug-likeness (QED) is 0.391. The van der Waals surface area contributed by atoms with Crippen LogP contribution < -0.4 is 10.6 Å². The van der Waals surface area contributed by atoms with Crippen molar-refractivity contribution in [2.45, 2.75) is 27.3 Å². The summed E-state index contributed by atoms with van der Waals surface area (Å²) in [6.45, 7) is 10.6. The van der Waals surface area contributed by atoms with Crippen LogP contribution in [0.5, 0.6) is 0 Å². The molecule has 1 heterocycles. The van der Waals surface area contributed by atoms with E-state index in [0.717, 1.165) is 43.5 Å². The first-order valence-electron chi connectivity index (χ1n) is 8.33. The van der Waals surface area contributed by atoms with Crippen LogP contribution in [0.3, 0.4) is 0 Å². The minimum atomic E-state index is 0. The van der Waals surface area contributed by atoms with Gasteiger partial charge in [0.25, 0.3) is 0 Å². The van der Waals surface area contributed by atoms with Crippen molar-refractivity contribution in [1.82, 2.24) is 15.5 Å². The standard InChI is InChI=1S/C18H28N4O.HI/c1-5-19-18(20-11-12-22(4)6-2)21-13-17-14(3)15-9-7-8-10-16(15)23-17;/h7-10H,5-6,11-13H2,1-4H3,(H2,19,20,21);1H. The lowest BCUT2D eigenvalue weighted by atomic mass is 10.1. The van der Waals surface area contributed by atoms with Crippen LogP contribution in [0.2, 0.25) is 0 Å². The predicted octanol–water partition coefficient (Wildman–Crippen LogP) is 3.37. The van der Waals surface area contributed by atoms with Gasteiger partial charge in [-0.25, -0.2) is 4.99 Å². The molecule has 24 heavy (non-hydrogen) atoms. The van der Waals surface area contributed by atoms with Crippen LogP contribution >= 0.6 is 24.0 Å². The Labute approximate surface area is 161 Å². The molecule has 0 unspecified atom stereocenters. The van der Waals surface area contributed by atoms with Gasteiger partial charge in [-0.1, -0.05) is 25.1 Å². The van der Waals surface area contributed by atoms with Crippen molar-refractivity contribution in [1.29, 1.82) is 0 Å². The minimum absolute atomic E-state index is 0. The summed E-state index contributed by atoms with van der Waals surface area (Å²) in [6.07, 6.45) is 0. The van der Waals surface area contributed by atoms with E-state index in [0.29, 0.717) is 6.54 Å². The molecule has 5 nitrogen and oxygen atoms in total. The maximum atomic E-state index is 5.92. The molecule has 2 N–H and O–H groups in total. The first-order valence-corrected chi connectivity index (χ1v) is 8.33. The Bertz CT molecular complexity index is 654. The van der Waals surface area contributed by atoms with Crippen molar-refractivity contribution < 1.29 is 4.42 Å².